The lowest BCUT2D eigenvalue weighted by Gasteiger charge is -2.21. The summed E-state index contributed by atoms with van der Waals surface area (Å²) in [5.41, 5.74) is 0. The van der Waals surface area contributed by atoms with Crippen molar-refractivity contribution in [2.45, 2.75) is 341 Å². The van der Waals surface area contributed by atoms with Gasteiger partial charge in [0.15, 0.2) is 12.2 Å². The van der Waals surface area contributed by atoms with Crippen LogP contribution < -0.4 is 0 Å². The van der Waals surface area contributed by atoms with Crippen LogP contribution in [0.2, 0.25) is 0 Å². The maximum Gasteiger partial charge on any atom is 0.472 e. The van der Waals surface area contributed by atoms with Crippen molar-refractivity contribution in [3.8, 4) is 0 Å². The molecule has 0 radical (unpaired) electrons. The second-order valence-electron chi connectivity index (χ2n) is 25.9. The number of carbonyl (C=O) groups excluding carboxylic acids is 4. The zero-order valence-electron chi connectivity index (χ0n) is 62.8. The molecule has 17 nitrogen and oxygen atoms in total. The van der Waals surface area contributed by atoms with Gasteiger partial charge in [0.25, 0.3) is 0 Å². The van der Waals surface area contributed by atoms with Gasteiger partial charge in [0.2, 0.25) is 0 Å². The molecular weight excluding hydrogens is 1310 g/mol. The summed E-state index contributed by atoms with van der Waals surface area (Å²) in [4.78, 5) is 72.9. The second kappa shape index (κ2) is 73.0. The molecule has 0 saturated heterocycles. The molecular formula is C81H140O17P2. The minimum Gasteiger partial charge on any atom is -0.462 e. The Balaban J connectivity index is 5.32. The molecule has 0 aromatic rings. The van der Waals surface area contributed by atoms with Crippen molar-refractivity contribution in [2.75, 3.05) is 39.6 Å². The summed E-state index contributed by atoms with van der Waals surface area (Å²) in [6, 6.07) is 0. The predicted molar refractivity (Wildman–Crippen MR) is 408 cm³/mol. The number of esters is 4. The number of allylic oxidation sites excluding steroid dienone is 18. The normalized spacial score (nSPS) is 14.5. The number of hydrogen-bond acceptors (Lipinski definition) is 15. The van der Waals surface area contributed by atoms with Crippen LogP contribution in [0, 0.1) is 0 Å². The maximum absolute atomic E-state index is 13.1. The first-order valence-electron chi connectivity index (χ1n) is 39.1. The molecule has 0 fully saturated rings. The van der Waals surface area contributed by atoms with Gasteiger partial charge < -0.3 is 33.8 Å². The highest BCUT2D eigenvalue weighted by atomic mass is 31.2. The highest BCUT2D eigenvalue weighted by Crippen LogP contribution is 2.45. The lowest BCUT2D eigenvalue weighted by molar-refractivity contribution is -0.161. The minimum absolute atomic E-state index is 0.0748. The lowest BCUT2D eigenvalue weighted by Crippen LogP contribution is -2.30. The number of rotatable bonds is 73. The van der Waals surface area contributed by atoms with E-state index in [1.807, 2.05) is 0 Å². The van der Waals surface area contributed by atoms with Crippen molar-refractivity contribution < 1.29 is 80.2 Å². The summed E-state index contributed by atoms with van der Waals surface area (Å²) in [5.74, 6) is -2.22. The van der Waals surface area contributed by atoms with Crippen molar-refractivity contribution in [1.29, 1.82) is 0 Å². The first-order valence-corrected chi connectivity index (χ1v) is 42.1. The average molecular weight is 1450 g/mol. The molecule has 0 aromatic heterocycles. The van der Waals surface area contributed by atoms with Crippen LogP contribution in [0.3, 0.4) is 0 Å². The Bertz CT molecular complexity index is 2320. The zero-order valence-corrected chi connectivity index (χ0v) is 64.6. The second-order valence-corrected chi connectivity index (χ2v) is 28.8. The molecule has 0 bridgehead atoms. The fourth-order valence-electron chi connectivity index (χ4n) is 10.2. The van der Waals surface area contributed by atoms with Gasteiger partial charge in [-0.25, -0.2) is 9.13 Å². The van der Waals surface area contributed by atoms with Gasteiger partial charge >= 0.3 is 39.5 Å². The molecule has 5 unspecified atom stereocenters. The number of hydrogen-bond donors (Lipinski definition) is 3. The van der Waals surface area contributed by atoms with Gasteiger partial charge in [0.05, 0.1) is 26.4 Å². The van der Waals surface area contributed by atoms with Crippen LogP contribution >= 0.6 is 15.6 Å². The molecule has 0 aromatic carbocycles. The molecule has 576 valence electrons. The number of ether oxygens (including phenoxy) is 4. The highest BCUT2D eigenvalue weighted by Gasteiger charge is 2.30. The smallest absolute Gasteiger partial charge is 0.462 e. The number of unbranched alkanes of at least 4 members (excludes halogenated alkanes) is 29. The number of aliphatic hydroxyl groups excluding tert-OH is 1. The summed E-state index contributed by atoms with van der Waals surface area (Å²) in [5, 5.41) is 10.6. The van der Waals surface area contributed by atoms with E-state index in [4.69, 9.17) is 37.0 Å². The fourth-order valence-corrected chi connectivity index (χ4v) is 11.8. The van der Waals surface area contributed by atoms with Gasteiger partial charge in [-0.3, -0.25) is 37.3 Å². The predicted octanol–water partition coefficient (Wildman–Crippen LogP) is 22.6. The number of phosphoric ester groups is 2. The Morgan fingerprint density at radius 1 is 0.290 bits per heavy atom. The van der Waals surface area contributed by atoms with E-state index in [0.29, 0.717) is 25.7 Å². The zero-order chi connectivity index (χ0) is 73.2. The van der Waals surface area contributed by atoms with Crippen molar-refractivity contribution in [3.63, 3.8) is 0 Å². The standard InChI is InChI=1S/C81H140O17P2/c1-5-9-13-17-21-25-29-32-34-36-37-39-41-44-47-50-54-58-62-66-79(84)92-72-77(98-81(86)68-64-60-56-52-48-42-31-27-23-19-15-11-7-3)74-96-100(89,90)94-70-75(82)69-93-99(87,88)95-73-76(97-80(85)67-63-59-55-51-45-28-24-20-16-12-8-4)71-91-78(83)65-61-57-53-49-46-43-40-38-35-33-30-26-22-18-14-10-6-2/h10,14-15,19-22,24-27,31-35,37,39,75-77,82H,5-9,11-13,16-18,23,28-30,36,38,40-74H2,1-4H3,(H,87,88)(H,89,90)/b14-10-,19-15-,24-20-,25-21-,26-22-,31-27-,34-32-,35-33-,39-37-. The number of phosphoric acid groups is 2. The molecule has 0 heterocycles. The third-order valence-electron chi connectivity index (χ3n) is 16.2. The van der Waals surface area contributed by atoms with E-state index >= 15 is 0 Å². The van der Waals surface area contributed by atoms with Crippen LogP contribution in [0.4, 0.5) is 0 Å². The van der Waals surface area contributed by atoms with Crippen LogP contribution in [-0.2, 0) is 65.4 Å². The number of carbonyl (C=O) groups is 4. The Hall–Kier alpha value is -4.28. The molecule has 19 heteroatoms. The van der Waals surface area contributed by atoms with Crippen LogP contribution in [0.1, 0.15) is 323 Å². The molecule has 0 rings (SSSR count). The summed E-state index contributed by atoms with van der Waals surface area (Å²) >= 11 is 0. The monoisotopic (exact) mass is 1450 g/mol. The molecule has 0 aliphatic heterocycles. The Morgan fingerprint density at radius 3 is 0.880 bits per heavy atom. The molecule has 100 heavy (non-hydrogen) atoms. The van der Waals surface area contributed by atoms with Crippen LogP contribution in [0.25, 0.3) is 0 Å². The molecule has 0 aliphatic carbocycles. The van der Waals surface area contributed by atoms with E-state index in [0.717, 1.165) is 212 Å². The molecule has 0 aliphatic rings. The van der Waals surface area contributed by atoms with Gasteiger partial charge in [0, 0.05) is 25.7 Å². The van der Waals surface area contributed by atoms with Crippen molar-refractivity contribution >= 4 is 39.5 Å². The van der Waals surface area contributed by atoms with Crippen LogP contribution in [-0.4, -0.2) is 96.7 Å². The van der Waals surface area contributed by atoms with Crippen LogP contribution in [0.5, 0.6) is 0 Å². The van der Waals surface area contributed by atoms with Crippen molar-refractivity contribution in [2.24, 2.45) is 0 Å². The summed E-state index contributed by atoms with van der Waals surface area (Å²) in [6.45, 7) is 4.60. The molecule has 0 amide bonds. The summed E-state index contributed by atoms with van der Waals surface area (Å²) < 4.78 is 68.5. The van der Waals surface area contributed by atoms with E-state index in [-0.39, 0.29) is 25.7 Å². The third kappa shape index (κ3) is 72.1. The van der Waals surface area contributed by atoms with Gasteiger partial charge in [-0.2, -0.15) is 0 Å². The van der Waals surface area contributed by atoms with E-state index in [9.17, 15) is 43.2 Å². The molecule has 5 atom stereocenters. The average Bonchev–Trinajstić information content (AvgIpc) is 0.937. The van der Waals surface area contributed by atoms with Gasteiger partial charge in [0.1, 0.15) is 19.3 Å². The maximum atomic E-state index is 13.1. The molecule has 0 saturated carbocycles. The van der Waals surface area contributed by atoms with Gasteiger partial charge in [-0.15, -0.1) is 0 Å². The first-order chi connectivity index (χ1) is 48.7. The third-order valence-corrected chi connectivity index (χ3v) is 18.1. The number of aliphatic hydroxyl groups is 1. The van der Waals surface area contributed by atoms with Crippen molar-refractivity contribution in [3.05, 3.63) is 109 Å². The largest absolute Gasteiger partial charge is 0.472 e. The SMILES string of the molecule is CC/C=C\C/C=C\C/C=C\CCCCCCCCCC(=O)OCC(COP(=O)(O)OCC(O)COP(=O)(O)OCC(COC(=O)CCCCCCCC/C=C\C/C=C\C/C=C\CCCCC)OC(=O)CCCCCCC/C=C\C/C=C\CCC)OC(=O)CCCCCCC/C=C\CCCC. The molecule has 0 spiro atoms. The minimum atomic E-state index is -4.98. The quantitative estimate of drug-likeness (QED) is 0.0169. The first kappa shape index (κ1) is 95.7. The summed E-state index contributed by atoms with van der Waals surface area (Å²) in [7, 11) is -9.96. The lowest BCUT2D eigenvalue weighted by atomic mass is 10.1. The Morgan fingerprint density at radius 2 is 0.550 bits per heavy atom. The van der Waals surface area contributed by atoms with Crippen LogP contribution in [0.15, 0.2) is 109 Å². The van der Waals surface area contributed by atoms with E-state index in [1.165, 1.54) is 32.1 Å². The summed E-state index contributed by atoms with van der Waals surface area (Å²) in [6.07, 6.45) is 77.9. The molecule has 3 N–H and O–H groups in total. The fraction of sp³-hybridized carbons (Fsp3) is 0.728. The van der Waals surface area contributed by atoms with E-state index in [2.05, 4.69) is 137 Å². The van der Waals surface area contributed by atoms with Gasteiger partial charge in [-0.05, 0) is 141 Å². The Kier molecular flexibility index (Phi) is 69.9. The highest BCUT2D eigenvalue weighted by molar-refractivity contribution is 7.47. The van der Waals surface area contributed by atoms with Crippen molar-refractivity contribution in [1.82, 2.24) is 0 Å². The van der Waals surface area contributed by atoms with Gasteiger partial charge in [-0.1, -0.05) is 265 Å². The van der Waals surface area contributed by atoms with E-state index < -0.39 is 97.5 Å². The Labute approximate surface area is 607 Å². The van der Waals surface area contributed by atoms with E-state index in [1.54, 1.807) is 0 Å². The topological polar surface area (TPSA) is 237 Å².